The van der Waals surface area contributed by atoms with Crippen LogP contribution in [-0.2, 0) is 14.3 Å². The molecule has 0 radical (unpaired) electrons. The Morgan fingerprint density at radius 3 is 2.31 bits per heavy atom. The van der Waals surface area contributed by atoms with Crippen molar-refractivity contribution in [3.63, 3.8) is 0 Å². The van der Waals surface area contributed by atoms with Crippen molar-refractivity contribution in [2.45, 2.75) is 19.3 Å². The van der Waals surface area contributed by atoms with Gasteiger partial charge in [-0.2, -0.15) is 0 Å². The summed E-state index contributed by atoms with van der Waals surface area (Å²) < 4.78 is 14.9. The molecule has 2 rings (SSSR count). The van der Waals surface area contributed by atoms with Crippen molar-refractivity contribution in [1.29, 1.82) is 0 Å². The third-order valence-corrected chi connectivity index (χ3v) is 3.62. The Hall–Kier alpha value is -2.86. The highest BCUT2D eigenvalue weighted by Crippen LogP contribution is 2.23. The van der Waals surface area contributed by atoms with Crippen LogP contribution in [0.25, 0.3) is 0 Å². The van der Waals surface area contributed by atoms with Gasteiger partial charge in [-0.1, -0.05) is 29.8 Å². The summed E-state index contributed by atoms with van der Waals surface area (Å²) in [6.45, 7) is 0. The van der Waals surface area contributed by atoms with Gasteiger partial charge in [-0.15, -0.1) is 0 Å². The van der Waals surface area contributed by atoms with Crippen LogP contribution >= 0.6 is 11.6 Å². The van der Waals surface area contributed by atoms with Crippen LogP contribution in [0.15, 0.2) is 48.5 Å². The quantitative estimate of drug-likeness (QED) is 0.540. The molecule has 0 aliphatic carbocycles. The van der Waals surface area contributed by atoms with Crippen LogP contribution in [0.5, 0.6) is 11.5 Å². The predicted octanol–water partition coefficient (Wildman–Crippen LogP) is 3.81. The van der Waals surface area contributed by atoms with Gasteiger partial charge in [0.25, 0.3) is 0 Å². The van der Waals surface area contributed by atoms with Crippen molar-refractivity contribution in [2.24, 2.45) is 0 Å². The Labute approximate surface area is 155 Å². The van der Waals surface area contributed by atoms with Crippen molar-refractivity contribution in [3.05, 3.63) is 59.1 Å². The molecule has 0 saturated heterocycles. The van der Waals surface area contributed by atoms with E-state index in [1.165, 1.54) is 13.2 Å². The fraction of sp³-hybridized carbons (Fsp3) is 0.211. The lowest BCUT2D eigenvalue weighted by molar-refractivity contribution is -0.136. The van der Waals surface area contributed by atoms with E-state index in [9.17, 15) is 14.4 Å². The summed E-state index contributed by atoms with van der Waals surface area (Å²) in [5.41, 5.74) is 0.279. The molecule has 136 valence electrons. The van der Waals surface area contributed by atoms with Gasteiger partial charge in [0.2, 0.25) is 0 Å². The SMILES string of the molecule is COC(=O)c1cccc(OC(=O)CCCC(=O)Oc2ccccc2Cl)c1. The molecule has 0 saturated carbocycles. The second kappa shape index (κ2) is 9.58. The Balaban J connectivity index is 1.78. The van der Waals surface area contributed by atoms with Gasteiger partial charge in [0.05, 0.1) is 17.7 Å². The summed E-state index contributed by atoms with van der Waals surface area (Å²) in [4.78, 5) is 35.1. The normalized spacial score (nSPS) is 10.1. The van der Waals surface area contributed by atoms with Crippen LogP contribution in [0, 0.1) is 0 Å². The molecule has 0 spiro atoms. The van der Waals surface area contributed by atoms with Crippen molar-refractivity contribution < 1.29 is 28.6 Å². The molecule has 26 heavy (non-hydrogen) atoms. The molecule has 0 aliphatic heterocycles. The monoisotopic (exact) mass is 376 g/mol. The first-order valence-electron chi connectivity index (χ1n) is 7.84. The lowest BCUT2D eigenvalue weighted by Gasteiger charge is -2.07. The summed E-state index contributed by atoms with van der Waals surface area (Å²) in [6.07, 6.45) is 0.335. The number of benzene rings is 2. The largest absolute Gasteiger partial charge is 0.465 e. The summed E-state index contributed by atoms with van der Waals surface area (Å²) in [7, 11) is 1.27. The highest BCUT2D eigenvalue weighted by Gasteiger charge is 2.12. The van der Waals surface area contributed by atoms with Gasteiger partial charge < -0.3 is 14.2 Å². The van der Waals surface area contributed by atoms with Crippen LogP contribution in [0.3, 0.4) is 0 Å². The van der Waals surface area contributed by atoms with E-state index in [-0.39, 0.29) is 36.3 Å². The number of para-hydroxylation sites is 1. The van der Waals surface area contributed by atoms with Gasteiger partial charge in [0, 0.05) is 12.8 Å². The molecule has 0 unspecified atom stereocenters. The molecule has 0 atom stereocenters. The van der Waals surface area contributed by atoms with Crippen LogP contribution in [0.2, 0.25) is 5.02 Å². The molecule has 7 heteroatoms. The maximum Gasteiger partial charge on any atom is 0.337 e. The number of ether oxygens (including phenoxy) is 3. The van der Waals surface area contributed by atoms with Gasteiger partial charge in [0.1, 0.15) is 11.5 Å². The van der Waals surface area contributed by atoms with Gasteiger partial charge in [-0.25, -0.2) is 4.79 Å². The number of esters is 3. The molecule has 0 aromatic heterocycles. The topological polar surface area (TPSA) is 78.9 Å². The summed E-state index contributed by atoms with van der Waals surface area (Å²) in [5.74, 6) is -1.01. The smallest absolute Gasteiger partial charge is 0.337 e. The average Bonchev–Trinajstić information content (AvgIpc) is 2.63. The average molecular weight is 377 g/mol. The predicted molar refractivity (Wildman–Crippen MR) is 94.4 cm³/mol. The van der Waals surface area contributed by atoms with Gasteiger partial charge in [-0.3, -0.25) is 9.59 Å². The van der Waals surface area contributed by atoms with Gasteiger partial charge in [-0.05, 0) is 36.8 Å². The molecular formula is C19H17ClO6. The molecule has 2 aromatic rings. The number of hydrogen-bond acceptors (Lipinski definition) is 6. The van der Waals surface area contributed by atoms with Crippen molar-refractivity contribution in [1.82, 2.24) is 0 Å². The molecule has 6 nitrogen and oxygen atoms in total. The zero-order chi connectivity index (χ0) is 18.9. The highest BCUT2D eigenvalue weighted by atomic mass is 35.5. The molecule has 0 N–H and O–H groups in total. The zero-order valence-electron chi connectivity index (χ0n) is 14.1. The Morgan fingerprint density at radius 2 is 1.62 bits per heavy atom. The fourth-order valence-electron chi connectivity index (χ4n) is 2.07. The molecule has 0 aliphatic rings. The van der Waals surface area contributed by atoms with E-state index in [1.807, 2.05) is 0 Å². The van der Waals surface area contributed by atoms with E-state index in [2.05, 4.69) is 4.74 Å². The van der Waals surface area contributed by atoms with Crippen LogP contribution in [0.1, 0.15) is 29.6 Å². The maximum absolute atomic E-state index is 11.8. The van der Waals surface area contributed by atoms with Gasteiger partial charge >= 0.3 is 17.9 Å². The lowest BCUT2D eigenvalue weighted by Crippen LogP contribution is -2.12. The summed E-state index contributed by atoms with van der Waals surface area (Å²) in [6, 6.07) is 12.7. The van der Waals surface area contributed by atoms with E-state index >= 15 is 0 Å². The number of halogens is 1. The third-order valence-electron chi connectivity index (χ3n) is 3.31. The first kappa shape index (κ1) is 19.5. The third kappa shape index (κ3) is 5.89. The Morgan fingerprint density at radius 1 is 0.923 bits per heavy atom. The van der Waals surface area contributed by atoms with E-state index in [0.717, 1.165) is 0 Å². The van der Waals surface area contributed by atoms with Crippen LogP contribution in [0.4, 0.5) is 0 Å². The van der Waals surface area contributed by atoms with Gasteiger partial charge in [0.15, 0.2) is 0 Å². The maximum atomic E-state index is 11.8. The Kier molecular flexibility index (Phi) is 7.17. The number of rotatable bonds is 7. The molecule has 0 amide bonds. The molecular weight excluding hydrogens is 360 g/mol. The first-order chi connectivity index (χ1) is 12.5. The first-order valence-corrected chi connectivity index (χ1v) is 8.21. The molecule has 0 fully saturated rings. The van der Waals surface area contributed by atoms with E-state index in [4.69, 9.17) is 21.1 Å². The minimum Gasteiger partial charge on any atom is -0.465 e. The second-order valence-electron chi connectivity index (χ2n) is 5.25. The highest BCUT2D eigenvalue weighted by molar-refractivity contribution is 6.32. The lowest BCUT2D eigenvalue weighted by atomic mass is 10.2. The number of hydrogen-bond donors (Lipinski definition) is 0. The van der Waals surface area contributed by atoms with Crippen molar-refractivity contribution >= 4 is 29.5 Å². The standard InChI is InChI=1S/C19H17ClO6/c1-24-19(23)13-6-4-7-14(12-13)25-17(21)10-5-11-18(22)26-16-9-3-2-8-15(16)20/h2-4,6-9,12H,5,10-11H2,1H3. The second-order valence-corrected chi connectivity index (χ2v) is 5.66. The summed E-state index contributed by atoms with van der Waals surface area (Å²) in [5, 5.41) is 0.339. The van der Waals surface area contributed by atoms with E-state index in [0.29, 0.717) is 5.02 Å². The zero-order valence-corrected chi connectivity index (χ0v) is 14.8. The number of carbonyl (C=O) groups is 3. The Bertz CT molecular complexity index is 802. The van der Waals surface area contributed by atoms with E-state index in [1.54, 1.807) is 42.5 Å². The minimum absolute atomic E-state index is 0.0279. The van der Waals surface area contributed by atoms with Crippen LogP contribution < -0.4 is 9.47 Å². The minimum atomic E-state index is -0.523. The summed E-state index contributed by atoms with van der Waals surface area (Å²) >= 11 is 5.90. The number of carbonyl (C=O) groups excluding carboxylic acids is 3. The number of methoxy groups -OCH3 is 1. The van der Waals surface area contributed by atoms with Crippen molar-refractivity contribution in [2.75, 3.05) is 7.11 Å². The molecule has 0 bridgehead atoms. The molecule has 0 heterocycles. The van der Waals surface area contributed by atoms with E-state index < -0.39 is 17.9 Å². The fourth-order valence-corrected chi connectivity index (χ4v) is 2.24. The van der Waals surface area contributed by atoms with Crippen LogP contribution in [-0.4, -0.2) is 25.0 Å². The molecule has 2 aromatic carbocycles. The van der Waals surface area contributed by atoms with Crippen molar-refractivity contribution in [3.8, 4) is 11.5 Å².